The standard InChI is InChI=1S/C35H42N6O6S/c1-5-9-35(10-11-35)48(45,46)41-22-29(42)32-26(33(43)37-21-27-30(47-16-6-2)17-23(3)38-34(27)44)18-25(19-28(32)41)24-7-8-31(36-20-24)40-14-12-39(4)13-15-40/h5,7-8,17-20,22,42H,1,6,9-16,21H2,2-4H3,(H,37,43)(H,38,44). The molecular formula is C35H42N6O6S. The van der Waals surface area contributed by atoms with Crippen molar-refractivity contribution in [1.82, 2.24) is 24.2 Å². The Hall–Kier alpha value is -4.62. The minimum absolute atomic E-state index is 0.0604. The second-order valence-corrected chi connectivity index (χ2v) is 15.0. The van der Waals surface area contributed by atoms with Crippen molar-refractivity contribution >= 4 is 32.7 Å². The molecule has 1 amide bonds. The predicted molar refractivity (Wildman–Crippen MR) is 186 cm³/mol. The van der Waals surface area contributed by atoms with Crippen molar-refractivity contribution < 1.29 is 23.1 Å². The van der Waals surface area contributed by atoms with Crippen LogP contribution >= 0.6 is 0 Å². The molecule has 1 aromatic carbocycles. The lowest BCUT2D eigenvalue weighted by atomic mass is 10.00. The zero-order valence-corrected chi connectivity index (χ0v) is 28.4. The van der Waals surface area contributed by atoms with Gasteiger partial charge >= 0.3 is 0 Å². The molecule has 1 saturated carbocycles. The van der Waals surface area contributed by atoms with E-state index < -0.39 is 20.7 Å². The monoisotopic (exact) mass is 674 g/mol. The van der Waals surface area contributed by atoms with E-state index in [4.69, 9.17) is 9.72 Å². The van der Waals surface area contributed by atoms with Gasteiger partial charge in [0, 0.05) is 43.6 Å². The largest absolute Gasteiger partial charge is 0.506 e. The first kappa shape index (κ1) is 33.3. The maximum absolute atomic E-state index is 14.0. The summed E-state index contributed by atoms with van der Waals surface area (Å²) in [6.07, 6.45) is 6.43. The number of carbonyl (C=O) groups excluding carboxylic acids is 1. The fourth-order valence-electron chi connectivity index (χ4n) is 6.28. The van der Waals surface area contributed by atoms with Crippen molar-refractivity contribution in [3.05, 3.63) is 82.6 Å². The van der Waals surface area contributed by atoms with Crippen LogP contribution in [0.15, 0.2) is 60.2 Å². The summed E-state index contributed by atoms with van der Waals surface area (Å²) in [5.74, 6) is 0.270. The first-order valence-electron chi connectivity index (χ1n) is 16.3. The molecule has 3 aromatic heterocycles. The van der Waals surface area contributed by atoms with Gasteiger partial charge in [-0.25, -0.2) is 17.4 Å². The summed E-state index contributed by atoms with van der Waals surface area (Å²) in [5, 5.41) is 14.1. The van der Waals surface area contributed by atoms with Gasteiger partial charge in [-0.05, 0) is 75.5 Å². The van der Waals surface area contributed by atoms with Gasteiger partial charge in [-0.3, -0.25) is 9.59 Å². The molecule has 13 heteroatoms. The Morgan fingerprint density at radius 1 is 1.17 bits per heavy atom. The summed E-state index contributed by atoms with van der Waals surface area (Å²) < 4.78 is 34.0. The van der Waals surface area contributed by atoms with Gasteiger partial charge in [-0.15, -0.1) is 6.58 Å². The number of aryl methyl sites for hydroxylation is 1. The Kier molecular flexibility index (Phi) is 9.10. The number of likely N-dealkylation sites (N-methyl/N-ethyl adjacent to an activating group) is 1. The third kappa shape index (κ3) is 6.19. The fraction of sp³-hybridized carbons (Fsp3) is 0.400. The van der Waals surface area contributed by atoms with Gasteiger partial charge in [0.25, 0.3) is 11.5 Å². The zero-order chi connectivity index (χ0) is 34.2. The molecule has 48 heavy (non-hydrogen) atoms. The van der Waals surface area contributed by atoms with E-state index in [0.29, 0.717) is 42.0 Å². The molecule has 6 rings (SSSR count). The number of fused-ring (bicyclic) bond motifs is 1. The van der Waals surface area contributed by atoms with Crippen molar-refractivity contribution in [2.24, 2.45) is 0 Å². The van der Waals surface area contributed by atoms with Gasteiger partial charge in [0.2, 0.25) is 10.0 Å². The molecular weight excluding hydrogens is 632 g/mol. The molecule has 0 unspecified atom stereocenters. The maximum Gasteiger partial charge on any atom is 0.256 e. The number of hydrogen-bond donors (Lipinski definition) is 3. The molecule has 4 heterocycles. The Morgan fingerprint density at radius 3 is 2.56 bits per heavy atom. The number of anilines is 1. The highest BCUT2D eigenvalue weighted by atomic mass is 32.2. The highest BCUT2D eigenvalue weighted by Crippen LogP contribution is 2.49. The van der Waals surface area contributed by atoms with Crippen LogP contribution in [0.3, 0.4) is 0 Å². The summed E-state index contributed by atoms with van der Waals surface area (Å²) in [6, 6.07) is 8.81. The van der Waals surface area contributed by atoms with Gasteiger partial charge in [0.15, 0.2) is 0 Å². The topological polar surface area (TPSA) is 150 Å². The van der Waals surface area contributed by atoms with Gasteiger partial charge in [0.05, 0.1) is 46.1 Å². The van der Waals surface area contributed by atoms with Crippen LogP contribution in [0.2, 0.25) is 0 Å². The number of pyridine rings is 2. The normalized spacial score (nSPS) is 16.2. The van der Waals surface area contributed by atoms with Crippen molar-refractivity contribution in [2.75, 3.05) is 44.7 Å². The SMILES string of the molecule is C=CCC1(S(=O)(=O)n2cc(O)c3c(C(=O)NCc4c(OCCC)cc(C)[nH]c4=O)cc(-c4ccc(N5CCN(C)CC5)nc4)cc32)CC1. The molecule has 1 saturated heterocycles. The molecule has 0 bridgehead atoms. The number of amides is 1. The number of rotatable bonds is 12. The molecule has 12 nitrogen and oxygen atoms in total. The lowest BCUT2D eigenvalue weighted by molar-refractivity contribution is 0.0952. The number of aromatic hydroxyl groups is 1. The Balaban J connectivity index is 1.42. The third-order valence-corrected chi connectivity index (χ3v) is 11.7. The van der Waals surface area contributed by atoms with Crippen molar-refractivity contribution in [1.29, 1.82) is 0 Å². The average Bonchev–Trinajstić information content (AvgIpc) is 3.79. The van der Waals surface area contributed by atoms with E-state index >= 15 is 0 Å². The number of ether oxygens (including phenoxy) is 1. The van der Waals surface area contributed by atoms with E-state index in [1.54, 1.807) is 37.4 Å². The Labute approximate surface area is 280 Å². The molecule has 1 aliphatic carbocycles. The first-order chi connectivity index (χ1) is 23.0. The Bertz CT molecular complexity index is 2020. The third-order valence-electron chi connectivity index (χ3n) is 9.25. The zero-order valence-electron chi connectivity index (χ0n) is 27.6. The molecule has 0 atom stereocenters. The smallest absolute Gasteiger partial charge is 0.256 e. The summed E-state index contributed by atoms with van der Waals surface area (Å²) in [6.45, 7) is 11.3. The van der Waals surface area contributed by atoms with Crippen molar-refractivity contribution in [2.45, 2.75) is 50.8 Å². The maximum atomic E-state index is 14.0. The first-order valence-corrected chi connectivity index (χ1v) is 17.7. The van der Waals surface area contributed by atoms with Crippen LogP contribution in [-0.4, -0.2) is 82.9 Å². The second-order valence-electron chi connectivity index (χ2n) is 12.8. The molecule has 0 spiro atoms. The van der Waals surface area contributed by atoms with Crippen LogP contribution in [0.1, 0.15) is 54.2 Å². The number of nitrogens with zero attached hydrogens (tertiary/aromatic N) is 4. The molecule has 1 aliphatic heterocycles. The van der Waals surface area contributed by atoms with Gasteiger partial charge in [-0.1, -0.05) is 13.0 Å². The van der Waals surface area contributed by atoms with Crippen LogP contribution in [0.4, 0.5) is 5.82 Å². The van der Waals surface area contributed by atoms with E-state index in [1.807, 2.05) is 19.1 Å². The summed E-state index contributed by atoms with van der Waals surface area (Å²) in [4.78, 5) is 38.8. The molecule has 254 valence electrons. The van der Waals surface area contributed by atoms with E-state index in [2.05, 4.69) is 33.7 Å². The lowest BCUT2D eigenvalue weighted by Crippen LogP contribution is -2.44. The van der Waals surface area contributed by atoms with Crippen LogP contribution in [-0.2, 0) is 16.6 Å². The molecule has 2 aliphatic rings. The Morgan fingerprint density at radius 2 is 1.92 bits per heavy atom. The average molecular weight is 675 g/mol. The fourth-order valence-corrected chi connectivity index (χ4v) is 8.28. The summed E-state index contributed by atoms with van der Waals surface area (Å²) >= 11 is 0. The van der Waals surface area contributed by atoms with Gasteiger partial charge < -0.3 is 29.9 Å². The van der Waals surface area contributed by atoms with E-state index in [-0.39, 0.29) is 46.3 Å². The van der Waals surface area contributed by atoms with E-state index in [0.717, 1.165) is 42.4 Å². The minimum Gasteiger partial charge on any atom is -0.506 e. The van der Waals surface area contributed by atoms with Crippen molar-refractivity contribution in [3.63, 3.8) is 0 Å². The number of aromatic nitrogens is 3. The highest BCUT2D eigenvalue weighted by Gasteiger charge is 2.54. The number of piperazine rings is 1. The number of aromatic amines is 1. The molecule has 0 radical (unpaired) electrons. The number of hydrogen-bond acceptors (Lipinski definition) is 9. The van der Waals surface area contributed by atoms with Crippen molar-refractivity contribution in [3.8, 4) is 22.6 Å². The van der Waals surface area contributed by atoms with Crippen LogP contribution in [0.5, 0.6) is 11.5 Å². The van der Waals surface area contributed by atoms with Gasteiger partial charge in [0.1, 0.15) is 17.3 Å². The highest BCUT2D eigenvalue weighted by molar-refractivity contribution is 7.91. The number of H-pyrrole nitrogens is 1. The van der Waals surface area contributed by atoms with Crippen LogP contribution in [0.25, 0.3) is 22.0 Å². The quantitative estimate of drug-likeness (QED) is 0.188. The lowest BCUT2D eigenvalue weighted by Gasteiger charge is -2.33. The van der Waals surface area contributed by atoms with Gasteiger partial charge in [-0.2, -0.15) is 0 Å². The molecule has 2 fully saturated rings. The number of carbonyl (C=O) groups is 1. The number of allylic oxidation sites excluding steroid dienone is 1. The summed E-state index contributed by atoms with van der Waals surface area (Å²) in [7, 11) is -1.89. The second kappa shape index (κ2) is 13.1. The minimum atomic E-state index is -3.98. The summed E-state index contributed by atoms with van der Waals surface area (Å²) in [5.41, 5.74) is 1.95. The van der Waals surface area contributed by atoms with Crippen LogP contribution in [0, 0.1) is 6.92 Å². The predicted octanol–water partition coefficient (Wildman–Crippen LogP) is 4.16. The van der Waals surface area contributed by atoms with E-state index in [1.165, 1.54) is 6.20 Å². The van der Waals surface area contributed by atoms with Crippen LogP contribution < -0.4 is 20.5 Å². The number of nitrogens with one attached hydrogen (secondary N) is 2. The number of benzene rings is 1. The molecule has 4 aromatic rings. The molecule has 3 N–H and O–H groups in total. The van der Waals surface area contributed by atoms with E-state index in [9.17, 15) is 23.1 Å².